The van der Waals surface area contributed by atoms with Gasteiger partial charge in [-0.25, -0.2) is 0 Å². The first-order valence-corrected chi connectivity index (χ1v) is 6.17. The number of methoxy groups -OCH3 is 1. The molecule has 0 aliphatic rings. The molecule has 0 atom stereocenters. The predicted octanol–water partition coefficient (Wildman–Crippen LogP) is 2.64. The number of aliphatic hydroxyl groups excluding tert-OH is 1. The molecule has 0 saturated carbocycles. The average Bonchev–Trinajstić information content (AvgIpc) is 2.52. The standard InChI is InChI=1S/C16H15NO3/c1-19-15-6-7-16(14(8-15)10-18)20-11-13-5-3-2-4-12(13)9-17/h2-8,18H,10-11H2,1H3. The van der Waals surface area contributed by atoms with Gasteiger partial charge < -0.3 is 14.6 Å². The Balaban J connectivity index is 2.17. The third-order valence-electron chi connectivity index (χ3n) is 2.96. The van der Waals surface area contributed by atoms with Gasteiger partial charge in [-0.1, -0.05) is 18.2 Å². The lowest BCUT2D eigenvalue weighted by Gasteiger charge is -2.12. The van der Waals surface area contributed by atoms with E-state index in [-0.39, 0.29) is 13.2 Å². The Morgan fingerprint density at radius 3 is 2.65 bits per heavy atom. The van der Waals surface area contributed by atoms with E-state index < -0.39 is 0 Å². The van der Waals surface area contributed by atoms with Crippen LogP contribution in [0.25, 0.3) is 0 Å². The van der Waals surface area contributed by atoms with E-state index in [0.717, 1.165) is 5.56 Å². The Bertz CT molecular complexity index is 632. The van der Waals surface area contributed by atoms with Gasteiger partial charge in [0.2, 0.25) is 0 Å². The summed E-state index contributed by atoms with van der Waals surface area (Å²) in [7, 11) is 1.57. The van der Waals surface area contributed by atoms with Crippen molar-refractivity contribution in [1.82, 2.24) is 0 Å². The quantitative estimate of drug-likeness (QED) is 0.906. The molecule has 0 bridgehead atoms. The van der Waals surface area contributed by atoms with Crippen LogP contribution in [0.2, 0.25) is 0 Å². The Morgan fingerprint density at radius 1 is 1.15 bits per heavy atom. The number of nitriles is 1. The maximum atomic E-state index is 9.35. The summed E-state index contributed by atoms with van der Waals surface area (Å²) in [6.45, 7) is 0.148. The summed E-state index contributed by atoms with van der Waals surface area (Å²) in [5.74, 6) is 1.25. The minimum atomic E-state index is -0.133. The Morgan fingerprint density at radius 2 is 1.95 bits per heavy atom. The van der Waals surface area contributed by atoms with Crippen molar-refractivity contribution in [2.45, 2.75) is 13.2 Å². The van der Waals surface area contributed by atoms with Gasteiger partial charge >= 0.3 is 0 Å². The summed E-state index contributed by atoms with van der Waals surface area (Å²) in [6.07, 6.45) is 0. The second-order valence-corrected chi connectivity index (χ2v) is 4.19. The molecule has 0 radical (unpaired) electrons. The van der Waals surface area contributed by atoms with Gasteiger partial charge in [-0.3, -0.25) is 0 Å². The van der Waals surface area contributed by atoms with Gasteiger partial charge in [-0.2, -0.15) is 5.26 Å². The lowest BCUT2D eigenvalue weighted by Crippen LogP contribution is -2.01. The molecule has 2 aromatic carbocycles. The molecule has 0 saturated heterocycles. The normalized spacial score (nSPS) is 9.85. The zero-order valence-electron chi connectivity index (χ0n) is 11.2. The first-order valence-electron chi connectivity index (χ1n) is 6.17. The molecule has 0 amide bonds. The largest absolute Gasteiger partial charge is 0.497 e. The van der Waals surface area contributed by atoms with Crippen molar-refractivity contribution in [3.63, 3.8) is 0 Å². The van der Waals surface area contributed by atoms with E-state index in [1.54, 1.807) is 31.4 Å². The van der Waals surface area contributed by atoms with Gasteiger partial charge in [0, 0.05) is 11.1 Å². The number of aliphatic hydroxyl groups is 1. The van der Waals surface area contributed by atoms with E-state index in [0.29, 0.717) is 22.6 Å². The Hall–Kier alpha value is -2.51. The van der Waals surface area contributed by atoms with E-state index in [1.807, 2.05) is 18.2 Å². The number of hydrogen-bond acceptors (Lipinski definition) is 4. The highest BCUT2D eigenvalue weighted by atomic mass is 16.5. The van der Waals surface area contributed by atoms with Crippen LogP contribution >= 0.6 is 0 Å². The summed E-state index contributed by atoms with van der Waals surface area (Å²) in [5.41, 5.74) is 2.06. The molecule has 0 heterocycles. The predicted molar refractivity (Wildman–Crippen MR) is 74.4 cm³/mol. The first kappa shape index (κ1) is 13.9. The van der Waals surface area contributed by atoms with Crippen LogP contribution in [-0.4, -0.2) is 12.2 Å². The Labute approximate surface area is 117 Å². The number of ether oxygens (including phenoxy) is 2. The van der Waals surface area contributed by atoms with Crippen molar-refractivity contribution < 1.29 is 14.6 Å². The number of benzene rings is 2. The molecule has 4 heteroatoms. The minimum Gasteiger partial charge on any atom is -0.497 e. The fourth-order valence-corrected chi connectivity index (χ4v) is 1.86. The van der Waals surface area contributed by atoms with Crippen LogP contribution < -0.4 is 9.47 Å². The number of hydrogen-bond donors (Lipinski definition) is 1. The Kier molecular flexibility index (Phi) is 4.59. The van der Waals surface area contributed by atoms with E-state index >= 15 is 0 Å². The van der Waals surface area contributed by atoms with Crippen molar-refractivity contribution in [3.8, 4) is 17.6 Å². The molecule has 1 N–H and O–H groups in total. The van der Waals surface area contributed by atoms with Crippen molar-refractivity contribution >= 4 is 0 Å². The smallest absolute Gasteiger partial charge is 0.125 e. The van der Waals surface area contributed by atoms with E-state index in [2.05, 4.69) is 6.07 Å². The van der Waals surface area contributed by atoms with Gasteiger partial charge in [-0.05, 0) is 24.3 Å². The van der Waals surface area contributed by atoms with Crippen LogP contribution in [0.3, 0.4) is 0 Å². The molecule has 20 heavy (non-hydrogen) atoms. The lowest BCUT2D eigenvalue weighted by atomic mass is 10.1. The number of rotatable bonds is 5. The topological polar surface area (TPSA) is 62.5 Å². The lowest BCUT2D eigenvalue weighted by molar-refractivity contribution is 0.258. The van der Waals surface area contributed by atoms with Gasteiger partial charge in [0.1, 0.15) is 18.1 Å². The van der Waals surface area contributed by atoms with Crippen LogP contribution in [-0.2, 0) is 13.2 Å². The summed E-state index contributed by atoms with van der Waals surface area (Å²) in [6, 6.07) is 14.6. The molecule has 2 aromatic rings. The maximum Gasteiger partial charge on any atom is 0.125 e. The van der Waals surface area contributed by atoms with Gasteiger partial charge in [-0.15, -0.1) is 0 Å². The van der Waals surface area contributed by atoms with E-state index in [1.165, 1.54) is 0 Å². The molecular formula is C16H15NO3. The first-order chi connectivity index (χ1) is 9.78. The van der Waals surface area contributed by atoms with Crippen LogP contribution in [0.1, 0.15) is 16.7 Å². The fourth-order valence-electron chi connectivity index (χ4n) is 1.86. The third-order valence-corrected chi connectivity index (χ3v) is 2.96. The minimum absolute atomic E-state index is 0.133. The highest BCUT2D eigenvalue weighted by molar-refractivity contribution is 5.41. The average molecular weight is 269 g/mol. The van der Waals surface area contributed by atoms with E-state index in [4.69, 9.17) is 14.7 Å². The van der Waals surface area contributed by atoms with E-state index in [9.17, 15) is 5.11 Å². The highest BCUT2D eigenvalue weighted by Crippen LogP contribution is 2.25. The monoisotopic (exact) mass is 269 g/mol. The molecule has 0 aliphatic heterocycles. The molecule has 2 rings (SSSR count). The SMILES string of the molecule is COc1ccc(OCc2ccccc2C#N)c(CO)c1. The molecule has 0 aliphatic carbocycles. The maximum absolute atomic E-state index is 9.35. The zero-order chi connectivity index (χ0) is 14.4. The van der Waals surface area contributed by atoms with Crippen molar-refractivity contribution in [3.05, 3.63) is 59.2 Å². The summed E-state index contributed by atoms with van der Waals surface area (Å²) in [4.78, 5) is 0. The highest BCUT2D eigenvalue weighted by Gasteiger charge is 2.07. The van der Waals surface area contributed by atoms with Crippen LogP contribution in [0, 0.1) is 11.3 Å². The van der Waals surface area contributed by atoms with Crippen molar-refractivity contribution in [2.75, 3.05) is 7.11 Å². The second-order valence-electron chi connectivity index (χ2n) is 4.19. The van der Waals surface area contributed by atoms with Crippen molar-refractivity contribution in [1.29, 1.82) is 5.26 Å². The fraction of sp³-hybridized carbons (Fsp3) is 0.188. The van der Waals surface area contributed by atoms with Crippen LogP contribution in [0.5, 0.6) is 11.5 Å². The van der Waals surface area contributed by atoms with Gasteiger partial charge in [0.05, 0.1) is 25.3 Å². The van der Waals surface area contributed by atoms with Crippen molar-refractivity contribution in [2.24, 2.45) is 0 Å². The summed E-state index contributed by atoms with van der Waals surface area (Å²) < 4.78 is 10.8. The molecule has 0 fully saturated rings. The summed E-state index contributed by atoms with van der Waals surface area (Å²) >= 11 is 0. The number of nitrogens with zero attached hydrogens (tertiary/aromatic N) is 1. The third kappa shape index (κ3) is 3.08. The second kappa shape index (κ2) is 6.60. The molecule has 0 spiro atoms. The molecule has 4 nitrogen and oxygen atoms in total. The van der Waals surface area contributed by atoms with Gasteiger partial charge in [0.15, 0.2) is 0 Å². The van der Waals surface area contributed by atoms with Crippen LogP contribution in [0.15, 0.2) is 42.5 Å². The molecular weight excluding hydrogens is 254 g/mol. The zero-order valence-corrected chi connectivity index (χ0v) is 11.2. The molecule has 0 unspecified atom stereocenters. The van der Waals surface area contributed by atoms with Gasteiger partial charge in [0.25, 0.3) is 0 Å². The molecule has 102 valence electrons. The molecule has 0 aromatic heterocycles. The summed E-state index contributed by atoms with van der Waals surface area (Å²) in [5, 5.41) is 18.4. The van der Waals surface area contributed by atoms with Crippen LogP contribution in [0.4, 0.5) is 0 Å².